The van der Waals surface area contributed by atoms with Gasteiger partial charge in [0.25, 0.3) is 0 Å². The van der Waals surface area contributed by atoms with E-state index in [0.29, 0.717) is 12.6 Å². The molecule has 1 aromatic carbocycles. The molecule has 0 unspecified atom stereocenters. The van der Waals surface area contributed by atoms with Crippen LogP contribution in [0.25, 0.3) is 0 Å². The van der Waals surface area contributed by atoms with Crippen LogP contribution in [0.2, 0.25) is 0 Å². The van der Waals surface area contributed by atoms with E-state index in [2.05, 4.69) is 5.32 Å². The van der Waals surface area contributed by atoms with Crippen LogP contribution in [-0.4, -0.2) is 43.2 Å². The summed E-state index contributed by atoms with van der Waals surface area (Å²) in [5.41, 5.74) is 6.50. The van der Waals surface area contributed by atoms with Gasteiger partial charge >= 0.3 is 6.09 Å². The number of benzene rings is 1. The van der Waals surface area contributed by atoms with Crippen molar-refractivity contribution in [1.29, 1.82) is 0 Å². The quantitative estimate of drug-likeness (QED) is 0.762. The van der Waals surface area contributed by atoms with Gasteiger partial charge in [0.1, 0.15) is 6.61 Å². The molecule has 0 bridgehead atoms. The van der Waals surface area contributed by atoms with Gasteiger partial charge in [-0.15, -0.1) is 24.8 Å². The molecule has 1 aliphatic rings. The molecule has 0 spiro atoms. The van der Waals surface area contributed by atoms with Crippen molar-refractivity contribution in [2.45, 2.75) is 31.9 Å². The van der Waals surface area contributed by atoms with Crippen LogP contribution < -0.4 is 11.1 Å². The molecule has 3 N–H and O–H groups in total. The van der Waals surface area contributed by atoms with E-state index < -0.39 is 0 Å². The van der Waals surface area contributed by atoms with Crippen molar-refractivity contribution in [2.24, 2.45) is 5.73 Å². The van der Waals surface area contributed by atoms with Crippen LogP contribution >= 0.6 is 24.8 Å². The maximum Gasteiger partial charge on any atom is 0.410 e. The van der Waals surface area contributed by atoms with Gasteiger partial charge in [-0.2, -0.15) is 0 Å². The zero-order valence-electron chi connectivity index (χ0n) is 13.3. The standard InChI is InChI=1S/C16H25N3O2.2ClH/c17-9-4-10-18-15-7-11-19(12-8-15)16(20)21-13-14-5-2-1-3-6-14;;/h1-3,5-6,15,18H,4,7-13,17H2;2*1H. The SMILES string of the molecule is Cl.Cl.NCCCNC1CCN(C(=O)OCc2ccccc2)CC1. The predicted octanol–water partition coefficient (Wildman–Crippen LogP) is 2.57. The van der Waals surface area contributed by atoms with E-state index in [9.17, 15) is 4.79 Å². The van der Waals surface area contributed by atoms with E-state index in [4.69, 9.17) is 10.5 Å². The van der Waals surface area contributed by atoms with Crippen LogP contribution in [0.1, 0.15) is 24.8 Å². The number of halogens is 2. The van der Waals surface area contributed by atoms with Gasteiger partial charge in [-0.3, -0.25) is 0 Å². The van der Waals surface area contributed by atoms with E-state index in [1.165, 1.54) is 0 Å². The van der Waals surface area contributed by atoms with Crippen molar-refractivity contribution in [1.82, 2.24) is 10.2 Å². The van der Waals surface area contributed by atoms with Gasteiger partial charge < -0.3 is 20.7 Å². The lowest BCUT2D eigenvalue weighted by Gasteiger charge is -2.31. The number of carbonyl (C=O) groups excluding carboxylic acids is 1. The van der Waals surface area contributed by atoms with Gasteiger partial charge in [0.05, 0.1) is 0 Å². The Labute approximate surface area is 150 Å². The van der Waals surface area contributed by atoms with Gasteiger partial charge in [0.2, 0.25) is 0 Å². The van der Waals surface area contributed by atoms with Crippen molar-refractivity contribution in [2.75, 3.05) is 26.2 Å². The minimum atomic E-state index is -0.209. The van der Waals surface area contributed by atoms with E-state index in [1.807, 2.05) is 30.3 Å². The molecule has 1 saturated heterocycles. The van der Waals surface area contributed by atoms with Crippen molar-refractivity contribution in [3.05, 3.63) is 35.9 Å². The molecule has 1 aromatic rings. The van der Waals surface area contributed by atoms with E-state index in [-0.39, 0.29) is 30.9 Å². The highest BCUT2D eigenvalue weighted by Crippen LogP contribution is 2.12. The molecule has 0 radical (unpaired) electrons. The first-order valence-electron chi connectivity index (χ1n) is 7.68. The topological polar surface area (TPSA) is 67.6 Å². The Kier molecular flexibility index (Phi) is 11.9. The normalized spacial score (nSPS) is 14.6. The highest BCUT2D eigenvalue weighted by Gasteiger charge is 2.23. The lowest BCUT2D eigenvalue weighted by Crippen LogP contribution is -2.45. The second kappa shape index (κ2) is 12.4. The summed E-state index contributed by atoms with van der Waals surface area (Å²) in [5, 5.41) is 3.48. The maximum absolute atomic E-state index is 12.0. The minimum Gasteiger partial charge on any atom is -0.445 e. The Morgan fingerprint density at radius 3 is 2.48 bits per heavy atom. The highest BCUT2D eigenvalue weighted by molar-refractivity contribution is 5.85. The first-order chi connectivity index (χ1) is 10.3. The lowest BCUT2D eigenvalue weighted by molar-refractivity contribution is 0.0853. The lowest BCUT2D eigenvalue weighted by atomic mass is 10.1. The van der Waals surface area contributed by atoms with E-state index in [0.717, 1.165) is 51.0 Å². The highest BCUT2D eigenvalue weighted by atomic mass is 35.5. The van der Waals surface area contributed by atoms with Gasteiger partial charge in [-0.25, -0.2) is 4.79 Å². The molecule has 5 nitrogen and oxygen atoms in total. The van der Waals surface area contributed by atoms with Crippen LogP contribution in [0, 0.1) is 0 Å². The maximum atomic E-state index is 12.0. The Bertz CT molecular complexity index is 427. The number of ether oxygens (including phenoxy) is 1. The summed E-state index contributed by atoms with van der Waals surface area (Å²) in [6.07, 6.45) is 2.74. The number of amides is 1. The molecule has 1 fully saturated rings. The molecule has 1 heterocycles. The largest absolute Gasteiger partial charge is 0.445 e. The van der Waals surface area contributed by atoms with Crippen LogP contribution in [-0.2, 0) is 11.3 Å². The number of likely N-dealkylation sites (tertiary alicyclic amines) is 1. The van der Waals surface area contributed by atoms with Crippen LogP contribution in [0.3, 0.4) is 0 Å². The third-order valence-electron chi connectivity index (χ3n) is 3.77. The summed E-state index contributed by atoms with van der Waals surface area (Å²) in [6.45, 7) is 3.54. The van der Waals surface area contributed by atoms with Crippen LogP contribution in [0.5, 0.6) is 0 Å². The molecule has 7 heteroatoms. The van der Waals surface area contributed by atoms with Gasteiger partial charge in [0, 0.05) is 19.1 Å². The molecule has 0 aromatic heterocycles. The Morgan fingerprint density at radius 2 is 1.87 bits per heavy atom. The van der Waals surface area contributed by atoms with E-state index in [1.54, 1.807) is 4.90 Å². The monoisotopic (exact) mass is 363 g/mol. The zero-order valence-corrected chi connectivity index (χ0v) is 14.9. The zero-order chi connectivity index (χ0) is 14.9. The molecule has 23 heavy (non-hydrogen) atoms. The molecule has 1 amide bonds. The number of nitrogens with one attached hydrogen (secondary N) is 1. The smallest absolute Gasteiger partial charge is 0.410 e. The fourth-order valence-electron chi connectivity index (χ4n) is 2.49. The van der Waals surface area contributed by atoms with Crippen LogP contribution in [0.15, 0.2) is 30.3 Å². The Hall–Kier alpha value is -1.01. The Morgan fingerprint density at radius 1 is 1.22 bits per heavy atom. The number of carbonyl (C=O) groups is 1. The predicted molar refractivity (Wildman–Crippen MR) is 97.4 cm³/mol. The number of nitrogens with zero attached hydrogens (tertiary/aromatic N) is 1. The Balaban J connectivity index is 0.00000242. The van der Waals surface area contributed by atoms with Crippen molar-refractivity contribution in [3.63, 3.8) is 0 Å². The number of hydrogen-bond donors (Lipinski definition) is 2. The minimum absolute atomic E-state index is 0. The average Bonchev–Trinajstić information content (AvgIpc) is 2.54. The third kappa shape index (κ3) is 7.88. The fraction of sp³-hybridized carbons (Fsp3) is 0.562. The summed E-state index contributed by atoms with van der Waals surface area (Å²) >= 11 is 0. The summed E-state index contributed by atoms with van der Waals surface area (Å²) in [7, 11) is 0. The molecule has 2 rings (SSSR count). The first-order valence-corrected chi connectivity index (χ1v) is 7.68. The second-order valence-corrected chi connectivity index (χ2v) is 5.40. The summed E-state index contributed by atoms with van der Waals surface area (Å²) in [5.74, 6) is 0. The van der Waals surface area contributed by atoms with Gasteiger partial charge in [0.15, 0.2) is 0 Å². The van der Waals surface area contributed by atoms with Gasteiger partial charge in [-0.05, 0) is 37.9 Å². The molecular formula is C16H27Cl2N3O2. The van der Waals surface area contributed by atoms with Crippen molar-refractivity contribution >= 4 is 30.9 Å². The molecule has 0 aliphatic carbocycles. The molecule has 1 aliphatic heterocycles. The summed E-state index contributed by atoms with van der Waals surface area (Å²) in [4.78, 5) is 13.8. The summed E-state index contributed by atoms with van der Waals surface area (Å²) < 4.78 is 5.35. The molecule has 132 valence electrons. The number of nitrogens with two attached hydrogens (primary N) is 1. The average molecular weight is 364 g/mol. The number of piperidine rings is 1. The van der Waals surface area contributed by atoms with Gasteiger partial charge in [-0.1, -0.05) is 30.3 Å². The third-order valence-corrected chi connectivity index (χ3v) is 3.77. The summed E-state index contributed by atoms with van der Waals surface area (Å²) in [6, 6.07) is 10.3. The van der Waals surface area contributed by atoms with Crippen LogP contribution in [0.4, 0.5) is 4.79 Å². The fourth-order valence-corrected chi connectivity index (χ4v) is 2.49. The first kappa shape index (κ1) is 22.0. The number of hydrogen-bond acceptors (Lipinski definition) is 4. The molecule has 0 saturated carbocycles. The van der Waals surface area contributed by atoms with Crippen molar-refractivity contribution in [3.8, 4) is 0 Å². The molecule has 0 atom stereocenters. The molecular weight excluding hydrogens is 337 g/mol. The second-order valence-electron chi connectivity index (χ2n) is 5.40. The number of rotatable bonds is 6. The van der Waals surface area contributed by atoms with E-state index >= 15 is 0 Å². The van der Waals surface area contributed by atoms with Crippen molar-refractivity contribution < 1.29 is 9.53 Å².